The number of benzene rings is 1. The van der Waals surface area contributed by atoms with Crippen LogP contribution in [0.4, 0.5) is 8.78 Å². The standard InChI is InChI=1S/C25H24F2N2O4/c1-3-5-6-13-14-7-18(26)19(27)9-20(14)28-23-15(13)11-29-21(23)8-17-16(24(29)31)12-33-22(30)10-25(17,32)4-2/h7-9,32H,3-6,10-12H2,1-2H3/t25-/m1/s1. The molecule has 0 radical (unpaired) electrons. The minimum atomic E-state index is -1.53. The molecule has 0 amide bonds. The third-order valence-electron chi connectivity index (χ3n) is 6.89. The summed E-state index contributed by atoms with van der Waals surface area (Å²) in [4.78, 5) is 30.2. The number of carbonyl (C=O) groups excluding carboxylic acids is 1. The van der Waals surface area contributed by atoms with E-state index in [1.165, 1.54) is 6.07 Å². The highest BCUT2D eigenvalue weighted by atomic mass is 19.2. The number of fused-ring (bicyclic) bond motifs is 5. The van der Waals surface area contributed by atoms with E-state index in [1.807, 2.05) is 6.92 Å². The van der Waals surface area contributed by atoms with E-state index in [2.05, 4.69) is 4.98 Å². The lowest BCUT2D eigenvalue weighted by molar-refractivity contribution is -0.149. The molecular weight excluding hydrogens is 430 g/mol. The molecule has 3 aromatic rings. The van der Waals surface area contributed by atoms with Gasteiger partial charge in [0, 0.05) is 17.0 Å². The number of pyridine rings is 2. The summed E-state index contributed by atoms with van der Waals surface area (Å²) in [5.74, 6) is -2.48. The molecule has 2 aliphatic heterocycles. The number of hydrogen-bond acceptors (Lipinski definition) is 5. The fraction of sp³-hybridized carbons (Fsp3) is 0.400. The van der Waals surface area contributed by atoms with Gasteiger partial charge < -0.3 is 14.4 Å². The lowest BCUT2D eigenvalue weighted by atomic mass is 9.85. The SMILES string of the molecule is CCCCc1c2c(nc3cc(F)c(F)cc13)-c1cc3c(c(=O)n1C2)COC(=O)C[C@]3(O)CC. The van der Waals surface area contributed by atoms with Crippen molar-refractivity contribution in [3.8, 4) is 11.4 Å². The zero-order chi connectivity index (χ0) is 23.5. The van der Waals surface area contributed by atoms with Crippen LogP contribution in [0.25, 0.3) is 22.3 Å². The largest absolute Gasteiger partial charge is 0.460 e. The second-order valence-corrected chi connectivity index (χ2v) is 8.84. The summed E-state index contributed by atoms with van der Waals surface area (Å²) in [5.41, 5.74) is 1.72. The second kappa shape index (κ2) is 7.73. The smallest absolute Gasteiger partial charge is 0.309 e. The van der Waals surface area contributed by atoms with Crippen LogP contribution in [0.5, 0.6) is 0 Å². The number of cyclic esters (lactones) is 1. The van der Waals surface area contributed by atoms with Crippen LogP contribution in [0.15, 0.2) is 23.0 Å². The fourth-order valence-corrected chi connectivity index (χ4v) is 4.99. The van der Waals surface area contributed by atoms with Crippen LogP contribution < -0.4 is 5.56 Å². The molecule has 2 aromatic heterocycles. The Morgan fingerprint density at radius 2 is 1.91 bits per heavy atom. The van der Waals surface area contributed by atoms with E-state index in [9.17, 15) is 23.5 Å². The van der Waals surface area contributed by atoms with Crippen molar-refractivity contribution in [2.24, 2.45) is 0 Å². The zero-order valence-electron chi connectivity index (χ0n) is 18.5. The molecule has 1 atom stereocenters. The maximum atomic E-state index is 14.1. The number of halogens is 2. The summed E-state index contributed by atoms with van der Waals surface area (Å²) in [6, 6.07) is 3.97. The van der Waals surface area contributed by atoms with E-state index in [0.29, 0.717) is 34.3 Å². The Kier molecular flexibility index (Phi) is 5.08. The number of aromatic nitrogens is 2. The number of aryl methyl sites for hydroxylation is 1. The molecule has 8 heteroatoms. The van der Waals surface area contributed by atoms with E-state index < -0.39 is 23.2 Å². The number of aliphatic hydroxyl groups is 1. The number of nitrogens with zero attached hydrogens (tertiary/aromatic N) is 2. The van der Waals surface area contributed by atoms with Gasteiger partial charge in [0.25, 0.3) is 5.56 Å². The van der Waals surface area contributed by atoms with Gasteiger partial charge in [-0.3, -0.25) is 9.59 Å². The Morgan fingerprint density at radius 1 is 1.15 bits per heavy atom. The first-order valence-electron chi connectivity index (χ1n) is 11.2. The van der Waals surface area contributed by atoms with Crippen molar-refractivity contribution in [3.05, 3.63) is 62.4 Å². The predicted octanol–water partition coefficient (Wildman–Crippen LogP) is 4.09. The summed E-state index contributed by atoms with van der Waals surface area (Å²) < 4.78 is 34.9. The van der Waals surface area contributed by atoms with E-state index in [-0.39, 0.29) is 37.1 Å². The quantitative estimate of drug-likeness (QED) is 0.470. The third-order valence-corrected chi connectivity index (χ3v) is 6.89. The molecule has 172 valence electrons. The van der Waals surface area contributed by atoms with Crippen molar-refractivity contribution >= 4 is 16.9 Å². The monoisotopic (exact) mass is 454 g/mol. The molecule has 0 saturated carbocycles. The highest BCUT2D eigenvalue weighted by Crippen LogP contribution is 2.41. The van der Waals surface area contributed by atoms with Crippen molar-refractivity contribution in [3.63, 3.8) is 0 Å². The first-order chi connectivity index (χ1) is 15.8. The van der Waals surface area contributed by atoms with E-state index in [4.69, 9.17) is 4.74 Å². The van der Waals surface area contributed by atoms with Crippen molar-refractivity contribution in [1.29, 1.82) is 0 Å². The van der Waals surface area contributed by atoms with Crippen LogP contribution in [-0.2, 0) is 34.7 Å². The number of unbranched alkanes of at least 4 members (excludes halogenated alkanes) is 1. The van der Waals surface area contributed by atoms with Gasteiger partial charge in [0.15, 0.2) is 11.6 Å². The van der Waals surface area contributed by atoms with Gasteiger partial charge in [0.05, 0.1) is 35.4 Å². The number of carbonyl (C=O) groups is 1. The van der Waals surface area contributed by atoms with Crippen molar-refractivity contribution < 1.29 is 23.4 Å². The predicted molar refractivity (Wildman–Crippen MR) is 118 cm³/mol. The van der Waals surface area contributed by atoms with Crippen LogP contribution in [0.1, 0.15) is 61.8 Å². The van der Waals surface area contributed by atoms with Crippen LogP contribution in [0, 0.1) is 11.6 Å². The van der Waals surface area contributed by atoms with Crippen molar-refractivity contribution in [2.75, 3.05) is 0 Å². The van der Waals surface area contributed by atoms with Gasteiger partial charge in [0.1, 0.15) is 12.2 Å². The average Bonchev–Trinajstić information content (AvgIpc) is 3.09. The van der Waals surface area contributed by atoms with Gasteiger partial charge >= 0.3 is 5.97 Å². The highest BCUT2D eigenvalue weighted by molar-refractivity contribution is 5.88. The van der Waals surface area contributed by atoms with Gasteiger partial charge in [-0.25, -0.2) is 13.8 Å². The molecule has 0 saturated heterocycles. The molecular formula is C25H24F2N2O4. The minimum absolute atomic E-state index is 0.208. The first kappa shape index (κ1) is 21.7. The molecule has 1 aromatic carbocycles. The zero-order valence-corrected chi connectivity index (χ0v) is 18.5. The lowest BCUT2D eigenvalue weighted by Gasteiger charge is -2.26. The lowest BCUT2D eigenvalue weighted by Crippen LogP contribution is -2.32. The molecule has 0 spiro atoms. The maximum Gasteiger partial charge on any atom is 0.309 e. The van der Waals surface area contributed by atoms with E-state index in [0.717, 1.165) is 30.0 Å². The van der Waals surface area contributed by atoms with Gasteiger partial charge in [-0.15, -0.1) is 0 Å². The third kappa shape index (κ3) is 3.27. The van der Waals surface area contributed by atoms with Crippen molar-refractivity contribution in [1.82, 2.24) is 9.55 Å². The number of rotatable bonds is 4. The van der Waals surface area contributed by atoms with Crippen LogP contribution in [0.2, 0.25) is 0 Å². The maximum absolute atomic E-state index is 14.1. The highest BCUT2D eigenvalue weighted by Gasteiger charge is 2.39. The summed E-state index contributed by atoms with van der Waals surface area (Å²) in [5, 5.41) is 11.8. The Morgan fingerprint density at radius 3 is 2.64 bits per heavy atom. The molecule has 6 nitrogen and oxygen atoms in total. The molecule has 4 heterocycles. The van der Waals surface area contributed by atoms with Crippen LogP contribution in [-0.4, -0.2) is 20.6 Å². The van der Waals surface area contributed by atoms with Gasteiger partial charge in [-0.1, -0.05) is 20.3 Å². The summed E-state index contributed by atoms with van der Waals surface area (Å²) >= 11 is 0. The number of ether oxygens (including phenoxy) is 1. The molecule has 2 aliphatic rings. The van der Waals surface area contributed by atoms with Gasteiger partial charge in [-0.05, 0) is 42.5 Å². The van der Waals surface area contributed by atoms with Crippen LogP contribution in [0.3, 0.4) is 0 Å². The Hall–Kier alpha value is -3.13. The Balaban J connectivity index is 1.80. The molecule has 0 unspecified atom stereocenters. The minimum Gasteiger partial charge on any atom is -0.460 e. The summed E-state index contributed by atoms with van der Waals surface area (Å²) in [7, 11) is 0. The molecule has 0 fully saturated rings. The molecule has 0 aliphatic carbocycles. The normalized spacial score (nSPS) is 19.1. The molecule has 5 rings (SSSR count). The second-order valence-electron chi connectivity index (χ2n) is 8.84. The van der Waals surface area contributed by atoms with Gasteiger partial charge in [-0.2, -0.15) is 0 Å². The van der Waals surface area contributed by atoms with E-state index in [1.54, 1.807) is 17.6 Å². The van der Waals surface area contributed by atoms with Crippen LogP contribution >= 0.6 is 0 Å². The average molecular weight is 454 g/mol. The Labute approximate surface area is 188 Å². The molecule has 1 N–H and O–H groups in total. The summed E-state index contributed by atoms with van der Waals surface area (Å²) in [6.45, 7) is 3.82. The van der Waals surface area contributed by atoms with Crippen molar-refractivity contribution in [2.45, 2.75) is 64.7 Å². The topological polar surface area (TPSA) is 81.4 Å². The summed E-state index contributed by atoms with van der Waals surface area (Å²) in [6.07, 6.45) is 2.38. The number of hydrogen-bond donors (Lipinski definition) is 1. The first-order valence-corrected chi connectivity index (χ1v) is 11.2. The number of esters is 1. The Bertz CT molecular complexity index is 1380. The fourth-order valence-electron chi connectivity index (χ4n) is 4.99. The molecule has 33 heavy (non-hydrogen) atoms. The molecule has 0 bridgehead atoms. The van der Waals surface area contributed by atoms with Gasteiger partial charge in [0.2, 0.25) is 0 Å². The van der Waals surface area contributed by atoms with E-state index >= 15 is 0 Å².